The Balaban J connectivity index is 1.45. The number of anilines is 1. The first-order chi connectivity index (χ1) is 18.1. The number of hydrogen-bond acceptors (Lipinski definition) is 8. The Hall–Kier alpha value is -3.86. The minimum atomic E-state index is -4.11. The number of rotatable bonds is 6. The fraction of sp³-hybridized carbons (Fsp3) is 0.250. The molecule has 1 aliphatic rings. The van der Waals surface area contributed by atoms with E-state index in [9.17, 15) is 22.5 Å². The van der Waals surface area contributed by atoms with Crippen LogP contribution >= 0.6 is 11.6 Å². The number of ether oxygens (including phenoxy) is 1. The third kappa shape index (κ3) is 4.98. The van der Waals surface area contributed by atoms with Crippen LogP contribution in [0.2, 0.25) is 5.02 Å². The third-order valence-corrected chi connectivity index (χ3v) is 7.64. The van der Waals surface area contributed by atoms with Crippen LogP contribution in [0.25, 0.3) is 22.4 Å². The van der Waals surface area contributed by atoms with Gasteiger partial charge in [-0.3, -0.25) is 9.82 Å². The number of piperidine rings is 1. The number of benzene rings is 2. The molecule has 0 radical (unpaired) electrons. The van der Waals surface area contributed by atoms with Crippen molar-refractivity contribution in [1.82, 2.24) is 25.5 Å². The van der Waals surface area contributed by atoms with Crippen LogP contribution in [-0.2, 0) is 10.0 Å². The number of aromatic nitrogens is 4. The molecule has 1 fully saturated rings. The third-order valence-electron chi connectivity index (χ3n) is 5.98. The van der Waals surface area contributed by atoms with Crippen LogP contribution in [0.4, 0.5) is 14.5 Å². The van der Waals surface area contributed by atoms with Crippen molar-refractivity contribution < 1.29 is 21.9 Å². The summed E-state index contributed by atoms with van der Waals surface area (Å²) in [4.78, 5) is 8.58. The first-order valence-electron chi connectivity index (χ1n) is 11.4. The Morgan fingerprint density at radius 1 is 1.21 bits per heavy atom. The van der Waals surface area contributed by atoms with E-state index in [2.05, 4.69) is 30.2 Å². The first kappa shape index (κ1) is 25.8. The van der Waals surface area contributed by atoms with Crippen LogP contribution in [-0.4, -0.2) is 53.7 Å². The van der Waals surface area contributed by atoms with E-state index < -0.39 is 28.6 Å². The van der Waals surface area contributed by atoms with Gasteiger partial charge in [0.05, 0.1) is 12.1 Å². The Morgan fingerprint density at radius 3 is 2.68 bits per heavy atom. The van der Waals surface area contributed by atoms with E-state index in [0.29, 0.717) is 23.2 Å². The van der Waals surface area contributed by atoms with E-state index in [0.717, 1.165) is 0 Å². The quantitative estimate of drug-likeness (QED) is 0.321. The lowest BCUT2D eigenvalue weighted by atomic mass is 10.1. The molecule has 2 aromatic carbocycles. The number of nitriles is 1. The molecule has 196 valence electrons. The Kier molecular flexibility index (Phi) is 6.64. The van der Waals surface area contributed by atoms with Gasteiger partial charge in [0.15, 0.2) is 17.6 Å². The van der Waals surface area contributed by atoms with Crippen molar-refractivity contribution in [3.8, 4) is 23.3 Å². The van der Waals surface area contributed by atoms with Gasteiger partial charge in [-0.1, -0.05) is 11.6 Å². The van der Waals surface area contributed by atoms with Crippen LogP contribution in [0.3, 0.4) is 0 Å². The predicted molar refractivity (Wildman–Crippen MR) is 136 cm³/mol. The summed E-state index contributed by atoms with van der Waals surface area (Å²) in [6.45, 7) is 1.60. The molecule has 1 aliphatic heterocycles. The standard InChI is InChI=1S/C24H20ClF2N7O3S/c1-13-20-22(33-32-13)30-21(31-23(20)37-19-8-9-29-12-24(19,26)27)14-3-6-17(7-4-14)34-38(35,36)18-10-16(25)5-2-15(18)11-28/h2-7,10,19,29,34H,8-9,12H2,1H3,(H,30,31,32,33). The molecule has 38 heavy (non-hydrogen) atoms. The van der Waals surface area contributed by atoms with Gasteiger partial charge in [0.25, 0.3) is 15.9 Å². The van der Waals surface area contributed by atoms with Gasteiger partial charge in [-0.05, 0) is 55.9 Å². The van der Waals surface area contributed by atoms with Crippen molar-refractivity contribution in [3.63, 3.8) is 0 Å². The summed E-state index contributed by atoms with van der Waals surface area (Å²) in [5.74, 6) is -2.94. The number of hydrogen-bond donors (Lipinski definition) is 3. The van der Waals surface area contributed by atoms with Gasteiger partial charge in [0.2, 0.25) is 5.88 Å². The molecule has 0 saturated carbocycles. The van der Waals surface area contributed by atoms with Gasteiger partial charge < -0.3 is 10.1 Å². The van der Waals surface area contributed by atoms with Gasteiger partial charge in [-0.15, -0.1) is 0 Å². The zero-order chi connectivity index (χ0) is 27.1. The summed E-state index contributed by atoms with van der Waals surface area (Å²) >= 11 is 5.93. The summed E-state index contributed by atoms with van der Waals surface area (Å²) in [6.07, 6.45) is -1.27. The largest absolute Gasteiger partial charge is 0.467 e. The molecule has 10 nitrogen and oxygen atoms in total. The molecule has 0 spiro atoms. The highest BCUT2D eigenvalue weighted by Crippen LogP contribution is 2.33. The first-order valence-corrected chi connectivity index (χ1v) is 13.2. The number of halogens is 3. The Labute approximate surface area is 221 Å². The second-order valence-corrected chi connectivity index (χ2v) is 10.8. The number of alkyl halides is 2. The molecule has 1 atom stereocenters. The molecule has 1 unspecified atom stereocenters. The second kappa shape index (κ2) is 9.79. The molecule has 14 heteroatoms. The summed E-state index contributed by atoms with van der Waals surface area (Å²) < 4.78 is 62.8. The van der Waals surface area contributed by atoms with Crippen molar-refractivity contribution in [2.75, 3.05) is 17.8 Å². The predicted octanol–water partition coefficient (Wildman–Crippen LogP) is 4.03. The van der Waals surface area contributed by atoms with Crippen LogP contribution in [0.15, 0.2) is 47.4 Å². The van der Waals surface area contributed by atoms with Crippen LogP contribution < -0.4 is 14.8 Å². The minimum Gasteiger partial charge on any atom is -0.467 e. The van der Waals surface area contributed by atoms with Crippen molar-refractivity contribution >= 4 is 38.3 Å². The zero-order valence-electron chi connectivity index (χ0n) is 19.8. The summed E-state index contributed by atoms with van der Waals surface area (Å²) in [5, 5.41) is 19.4. The number of aryl methyl sites for hydroxylation is 1. The van der Waals surface area contributed by atoms with E-state index >= 15 is 0 Å². The van der Waals surface area contributed by atoms with Crippen molar-refractivity contribution in [1.29, 1.82) is 5.26 Å². The summed E-state index contributed by atoms with van der Waals surface area (Å²) in [6, 6.07) is 11.9. The number of fused-ring (bicyclic) bond motifs is 1. The highest BCUT2D eigenvalue weighted by atomic mass is 35.5. The molecule has 3 N–H and O–H groups in total. The highest BCUT2D eigenvalue weighted by Gasteiger charge is 2.44. The maximum absolute atomic E-state index is 14.4. The van der Waals surface area contributed by atoms with E-state index in [4.69, 9.17) is 16.3 Å². The van der Waals surface area contributed by atoms with Crippen molar-refractivity contribution in [2.24, 2.45) is 0 Å². The fourth-order valence-corrected chi connectivity index (χ4v) is 5.52. The topological polar surface area (TPSA) is 146 Å². The van der Waals surface area contributed by atoms with E-state index in [-0.39, 0.29) is 44.9 Å². The van der Waals surface area contributed by atoms with E-state index in [1.165, 1.54) is 30.3 Å². The molecule has 2 aromatic heterocycles. The van der Waals surface area contributed by atoms with Crippen molar-refractivity contribution in [2.45, 2.75) is 30.3 Å². The molecule has 4 aromatic rings. The molecule has 1 saturated heterocycles. The molecular formula is C24H20ClF2N7O3S. The van der Waals surface area contributed by atoms with Gasteiger partial charge in [0.1, 0.15) is 16.4 Å². The number of sulfonamides is 1. The van der Waals surface area contributed by atoms with Gasteiger partial charge >= 0.3 is 0 Å². The Bertz CT molecular complexity index is 1670. The fourth-order valence-electron chi connectivity index (χ4n) is 4.05. The second-order valence-electron chi connectivity index (χ2n) is 8.67. The Morgan fingerprint density at radius 2 is 1.97 bits per heavy atom. The highest BCUT2D eigenvalue weighted by molar-refractivity contribution is 7.92. The average Bonchev–Trinajstić information content (AvgIpc) is 3.26. The SMILES string of the molecule is Cc1[nH]nc2nc(-c3ccc(NS(=O)(=O)c4cc(Cl)ccc4C#N)cc3)nc(OC3CCNCC3(F)F)c12. The van der Waals surface area contributed by atoms with Crippen LogP contribution in [0.5, 0.6) is 5.88 Å². The molecule has 0 aliphatic carbocycles. The minimum absolute atomic E-state index is 0.0161. The number of nitrogens with zero attached hydrogens (tertiary/aromatic N) is 4. The molecular weight excluding hydrogens is 540 g/mol. The number of H-pyrrole nitrogens is 1. The number of aromatic amines is 1. The lowest BCUT2D eigenvalue weighted by Gasteiger charge is -2.31. The normalized spacial score (nSPS) is 17.2. The molecule has 0 amide bonds. The van der Waals surface area contributed by atoms with Crippen molar-refractivity contribution in [3.05, 3.63) is 58.7 Å². The lowest BCUT2D eigenvalue weighted by Crippen LogP contribution is -2.52. The van der Waals surface area contributed by atoms with Gasteiger partial charge in [0, 0.05) is 28.4 Å². The van der Waals surface area contributed by atoms with Gasteiger partial charge in [-0.2, -0.15) is 15.3 Å². The van der Waals surface area contributed by atoms with E-state index in [1.54, 1.807) is 19.1 Å². The van der Waals surface area contributed by atoms with E-state index in [1.807, 2.05) is 6.07 Å². The van der Waals surface area contributed by atoms with Crippen LogP contribution in [0, 0.1) is 18.3 Å². The number of nitrogens with one attached hydrogen (secondary N) is 3. The van der Waals surface area contributed by atoms with Gasteiger partial charge in [-0.25, -0.2) is 22.2 Å². The maximum Gasteiger partial charge on any atom is 0.296 e. The zero-order valence-corrected chi connectivity index (χ0v) is 21.4. The van der Waals surface area contributed by atoms with Crippen LogP contribution in [0.1, 0.15) is 17.7 Å². The monoisotopic (exact) mass is 559 g/mol. The molecule has 3 heterocycles. The molecule has 0 bridgehead atoms. The smallest absolute Gasteiger partial charge is 0.296 e. The lowest BCUT2D eigenvalue weighted by molar-refractivity contribution is -0.109. The maximum atomic E-state index is 14.4. The average molecular weight is 560 g/mol. The summed E-state index contributed by atoms with van der Waals surface area (Å²) in [5.41, 5.74) is 1.44. The molecule has 5 rings (SSSR count). The summed E-state index contributed by atoms with van der Waals surface area (Å²) in [7, 11) is -4.11.